The van der Waals surface area contributed by atoms with Gasteiger partial charge in [-0.25, -0.2) is 26.3 Å². The summed E-state index contributed by atoms with van der Waals surface area (Å²) in [6.07, 6.45) is 2.77. The van der Waals surface area contributed by atoms with Crippen molar-refractivity contribution in [3.8, 4) is 17.6 Å². The molecular weight excluding hydrogens is 1020 g/mol. The van der Waals surface area contributed by atoms with Gasteiger partial charge in [0.15, 0.2) is 23.1 Å². The van der Waals surface area contributed by atoms with Gasteiger partial charge >= 0.3 is 0 Å². The number of halogens is 6. The van der Waals surface area contributed by atoms with Crippen LogP contribution in [0.3, 0.4) is 0 Å². The average Bonchev–Trinajstić information content (AvgIpc) is 3.61. The zero-order chi connectivity index (χ0) is 48.8. The van der Waals surface area contributed by atoms with Crippen LogP contribution in [0.5, 0.6) is 11.5 Å². The van der Waals surface area contributed by atoms with Gasteiger partial charge in [-0.2, -0.15) is 5.26 Å². The third-order valence-electron chi connectivity index (χ3n) is 11.5. The Morgan fingerprint density at radius 3 is 1.73 bits per heavy atom. The van der Waals surface area contributed by atoms with E-state index < -0.39 is 49.2 Å². The van der Waals surface area contributed by atoms with Crippen LogP contribution in [0.4, 0.5) is 11.4 Å². The number of likely N-dealkylation sites (N-methyl/N-ethyl adjacent to an activating group) is 1. The van der Waals surface area contributed by atoms with Crippen molar-refractivity contribution in [1.29, 1.82) is 5.26 Å². The maximum Gasteiger partial charge on any atom is 0.209 e. The predicted molar refractivity (Wildman–Crippen MR) is 265 cm³/mol. The van der Waals surface area contributed by atoms with E-state index in [0.29, 0.717) is 35.3 Å². The fraction of sp³-hybridized carbons (Fsp3) is 0.400. The molecular formula is C45H49Cl6N5O8S2. The molecule has 0 radical (unpaired) electrons. The summed E-state index contributed by atoms with van der Waals surface area (Å²) in [6, 6.07) is 21.5. The Kier molecular flexibility index (Phi) is 18.0. The number of carbonyl (C=O) groups is 2. The number of ketones is 2. The second-order valence-corrected chi connectivity index (χ2v) is 22.4. The van der Waals surface area contributed by atoms with Crippen molar-refractivity contribution in [2.24, 2.45) is 0 Å². The highest BCUT2D eigenvalue weighted by molar-refractivity contribution is 7.89. The number of hydrogen-bond donors (Lipinski definition) is 2. The Morgan fingerprint density at radius 1 is 0.788 bits per heavy atom. The number of alkyl halides is 2. The minimum Gasteiger partial charge on any atom is -0.489 e. The molecule has 4 aromatic rings. The van der Waals surface area contributed by atoms with Gasteiger partial charge in [0.25, 0.3) is 0 Å². The molecule has 4 aromatic carbocycles. The molecule has 0 amide bonds. The molecule has 0 aliphatic carbocycles. The van der Waals surface area contributed by atoms with Crippen molar-refractivity contribution in [3.63, 3.8) is 0 Å². The van der Waals surface area contributed by atoms with Gasteiger partial charge in [0.05, 0.1) is 81.3 Å². The van der Waals surface area contributed by atoms with Crippen LogP contribution in [0.15, 0.2) is 66.7 Å². The van der Waals surface area contributed by atoms with E-state index in [1.165, 1.54) is 0 Å². The summed E-state index contributed by atoms with van der Waals surface area (Å²) < 4.78 is 63.4. The first kappa shape index (κ1) is 53.4. The number of rotatable bonds is 22. The van der Waals surface area contributed by atoms with Gasteiger partial charge in [-0.15, -0.1) is 23.2 Å². The molecule has 1 saturated heterocycles. The highest BCUT2D eigenvalue weighted by Gasteiger charge is 2.39. The van der Waals surface area contributed by atoms with Crippen LogP contribution in [0.2, 0.25) is 20.1 Å². The van der Waals surface area contributed by atoms with E-state index in [4.69, 9.17) is 79.1 Å². The van der Waals surface area contributed by atoms with Gasteiger partial charge < -0.3 is 19.3 Å². The Bertz CT molecular complexity index is 2680. The van der Waals surface area contributed by atoms with Gasteiger partial charge in [-0.3, -0.25) is 9.59 Å². The summed E-state index contributed by atoms with van der Waals surface area (Å²) in [5.74, 6) is 0.305. The predicted octanol–water partition coefficient (Wildman–Crippen LogP) is 8.36. The highest BCUT2D eigenvalue weighted by Crippen LogP contribution is 2.49. The molecule has 5 rings (SSSR count). The van der Waals surface area contributed by atoms with Crippen LogP contribution < -0.4 is 28.7 Å². The number of benzene rings is 4. The summed E-state index contributed by atoms with van der Waals surface area (Å²) in [4.78, 5) is 29.0. The monoisotopic (exact) mass is 1060 g/mol. The lowest BCUT2D eigenvalue weighted by atomic mass is 9.66. The third kappa shape index (κ3) is 13.2. The van der Waals surface area contributed by atoms with E-state index in [0.717, 1.165) is 23.6 Å². The molecule has 0 bridgehead atoms. The smallest absolute Gasteiger partial charge is 0.209 e. The van der Waals surface area contributed by atoms with Crippen LogP contribution in [0.1, 0.15) is 54.5 Å². The van der Waals surface area contributed by atoms with Gasteiger partial charge in [0, 0.05) is 30.1 Å². The number of nitrogens with zero attached hydrogens (tertiary/aromatic N) is 3. The van der Waals surface area contributed by atoms with Crippen LogP contribution in [-0.4, -0.2) is 105 Å². The summed E-state index contributed by atoms with van der Waals surface area (Å²) in [5, 5.41) is 11.5. The third-order valence-corrected chi connectivity index (χ3v) is 14.3. The number of Topliss-reactive ketones (excluding diaryl/α,β-unsaturated/α-hetero) is 2. The number of ether oxygens (including phenoxy) is 2. The summed E-state index contributed by atoms with van der Waals surface area (Å²) in [7, 11) is -5.58. The molecule has 356 valence electrons. The Labute approximate surface area is 416 Å². The molecule has 2 N–H and O–H groups in total. The van der Waals surface area contributed by atoms with E-state index >= 15 is 0 Å². The van der Waals surface area contributed by atoms with E-state index in [2.05, 4.69) is 15.5 Å². The topological polar surface area (TPSA) is 175 Å². The standard InChI is InChI=1S/C45H49Cl6N5O8S2/c1-44(31-19-35(48)42(36(49)20-31)63-16-14-46,29-6-9-33(10-7-29)56-26-39(41(58)27-56)54-66(5,61)62)12-13-45(2,32-21-37(50)43(38(51)22-32)64-17-15-47)30-8-11-40(28(18-30)23-52)55(3)25-34(57)24-53-65(4,59)60/h6-11,18-22,39,53-54H,12-17,24-27H2,1-5H3. The maximum absolute atomic E-state index is 12.8. The Morgan fingerprint density at radius 2 is 1.27 bits per heavy atom. The van der Waals surface area contributed by atoms with Gasteiger partial charge in [0.2, 0.25) is 20.0 Å². The lowest BCUT2D eigenvalue weighted by Crippen LogP contribution is -2.40. The molecule has 13 nitrogen and oxygen atoms in total. The molecule has 1 aliphatic heterocycles. The number of nitriles is 1. The molecule has 0 spiro atoms. The zero-order valence-corrected chi connectivity index (χ0v) is 42.9. The Hall–Kier alpha value is -3.53. The van der Waals surface area contributed by atoms with Crippen molar-refractivity contribution in [2.45, 2.75) is 43.6 Å². The molecule has 3 unspecified atom stereocenters. The fourth-order valence-electron chi connectivity index (χ4n) is 7.93. The van der Waals surface area contributed by atoms with E-state index in [1.807, 2.05) is 49.1 Å². The molecule has 66 heavy (non-hydrogen) atoms. The maximum atomic E-state index is 12.8. The molecule has 0 saturated carbocycles. The first-order chi connectivity index (χ1) is 30.9. The molecule has 3 atom stereocenters. The number of hydrogen-bond acceptors (Lipinski definition) is 11. The molecule has 1 fully saturated rings. The van der Waals surface area contributed by atoms with Crippen LogP contribution >= 0.6 is 69.6 Å². The van der Waals surface area contributed by atoms with Crippen LogP contribution in [0, 0.1) is 11.3 Å². The zero-order valence-electron chi connectivity index (χ0n) is 36.7. The SMILES string of the molecule is CN(CC(=O)CNS(C)(=O)=O)c1ccc(C(C)(CCC(C)(c2ccc(N3CC(=O)C(NS(C)(=O)=O)C3)cc2)c2cc(Cl)c(OCCCl)c(Cl)c2)c2cc(Cl)c(OCCCl)c(Cl)c2)cc1C#N. The van der Waals surface area contributed by atoms with Crippen molar-refractivity contribution >= 4 is 113 Å². The second kappa shape index (κ2) is 22.3. The first-order valence-corrected chi connectivity index (χ1v) is 26.7. The average molecular weight is 1060 g/mol. The highest BCUT2D eigenvalue weighted by atomic mass is 35.5. The van der Waals surface area contributed by atoms with Crippen LogP contribution in [0.25, 0.3) is 0 Å². The lowest BCUT2D eigenvalue weighted by molar-refractivity contribution is -0.118. The first-order valence-electron chi connectivity index (χ1n) is 20.4. The van der Waals surface area contributed by atoms with Crippen molar-refractivity contribution in [1.82, 2.24) is 9.44 Å². The summed E-state index contributed by atoms with van der Waals surface area (Å²) in [5.41, 5.74) is 2.60. The second-order valence-electron chi connectivity index (χ2n) is 16.4. The summed E-state index contributed by atoms with van der Waals surface area (Å²) >= 11 is 39.4. The number of carbonyl (C=O) groups excluding carboxylic acids is 2. The largest absolute Gasteiger partial charge is 0.489 e. The number of sulfonamides is 2. The van der Waals surface area contributed by atoms with E-state index in [1.54, 1.807) is 48.3 Å². The summed E-state index contributed by atoms with van der Waals surface area (Å²) in [6.45, 7) is 3.99. The normalized spacial score (nSPS) is 16.1. The van der Waals surface area contributed by atoms with Gasteiger partial charge in [-0.1, -0.05) is 78.5 Å². The van der Waals surface area contributed by atoms with Crippen molar-refractivity contribution in [3.05, 3.63) is 115 Å². The lowest BCUT2D eigenvalue weighted by Gasteiger charge is -2.38. The van der Waals surface area contributed by atoms with E-state index in [9.17, 15) is 31.7 Å². The number of anilines is 2. The fourth-order valence-corrected chi connectivity index (χ4v) is 10.4. The molecule has 0 aromatic heterocycles. The van der Waals surface area contributed by atoms with Gasteiger partial charge in [-0.05, 0) is 83.6 Å². The molecule has 1 heterocycles. The molecule has 21 heteroatoms. The minimum atomic E-state index is -3.62. The van der Waals surface area contributed by atoms with Crippen LogP contribution in [-0.2, 0) is 40.5 Å². The van der Waals surface area contributed by atoms with Crippen molar-refractivity contribution in [2.75, 3.05) is 80.5 Å². The molecule has 1 aliphatic rings. The minimum absolute atomic E-state index is 0.0218. The quantitative estimate of drug-likeness (QED) is 0.0724. The Balaban J connectivity index is 1.62. The number of nitrogens with one attached hydrogen (secondary N) is 2. The van der Waals surface area contributed by atoms with E-state index in [-0.39, 0.29) is 87.5 Å². The van der Waals surface area contributed by atoms with Crippen molar-refractivity contribution < 1.29 is 35.9 Å². The van der Waals surface area contributed by atoms with Gasteiger partial charge in [0.1, 0.15) is 19.3 Å².